The summed E-state index contributed by atoms with van der Waals surface area (Å²) < 4.78 is 46.8. The largest absolute Gasteiger partial charge is 0.433 e. The van der Waals surface area contributed by atoms with Crippen molar-refractivity contribution in [2.24, 2.45) is 0 Å². The van der Waals surface area contributed by atoms with E-state index in [1.165, 1.54) is 24.5 Å². The van der Waals surface area contributed by atoms with Gasteiger partial charge < -0.3 is 10.5 Å². The Morgan fingerprint density at radius 1 is 1.00 bits per heavy atom. The van der Waals surface area contributed by atoms with Gasteiger partial charge in [0, 0.05) is 6.07 Å². The van der Waals surface area contributed by atoms with Crippen LogP contribution < -0.4 is 10.5 Å². The number of anilines is 1. The monoisotopic (exact) mass is 358 g/mol. The minimum atomic E-state index is -0.951. The molecule has 10 heteroatoms. The molecule has 0 unspecified atom stereocenters. The number of nitrogen functional groups attached to an aromatic ring is 1. The van der Waals surface area contributed by atoms with E-state index in [1.807, 2.05) is 0 Å². The number of fused-ring (bicyclic) bond motifs is 1. The van der Waals surface area contributed by atoms with Gasteiger partial charge in [0.15, 0.2) is 17.3 Å². The van der Waals surface area contributed by atoms with Crippen LogP contribution in [0.5, 0.6) is 11.6 Å². The zero-order valence-corrected chi connectivity index (χ0v) is 12.9. The standard InChI is InChI=1S/C16H9F3N6O/c17-8-2-1-3-9(18)13(8)26-10-5-4-7(14(19)23-10)12-11-15(20)21-6-22-16(11)25-24-12/h1-6H,(H3,20,21,22,24,25). The average Bonchev–Trinajstić information content (AvgIpc) is 3.04. The Labute approximate surface area is 143 Å². The maximum Gasteiger partial charge on any atom is 0.225 e. The second-order valence-corrected chi connectivity index (χ2v) is 5.20. The number of aromatic amines is 1. The van der Waals surface area contributed by atoms with Crippen LogP contribution >= 0.6 is 0 Å². The lowest BCUT2D eigenvalue weighted by Gasteiger charge is -2.08. The number of hydrogen-bond donors (Lipinski definition) is 2. The smallest absolute Gasteiger partial charge is 0.225 e. The first-order valence-corrected chi connectivity index (χ1v) is 7.28. The lowest BCUT2D eigenvalue weighted by Crippen LogP contribution is -1.98. The fraction of sp³-hybridized carbons (Fsp3) is 0. The van der Waals surface area contributed by atoms with Crippen LogP contribution in [0.3, 0.4) is 0 Å². The van der Waals surface area contributed by atoms with Crippen molar-refractivity contribution >= 4 is 16.9 Å². The van der Waals surface area contributed by atoms with Crippen molar-refractivity contribution in [1.29, 1.82) is 0 Å². The van der Waals surface area contributed by atoms with Gasteiger partial charge in [-0.1, -0.05) is 6.07 Å². The number of benzene rings is 1. The zero-order chi connectivity index (χ0) is 18.3. The van der Waals surface area contributed by atoms with Crippen molar-refractivity contribution in [3.8, 4) is 22.9 Å². The predicted molar refractivity (Wildman–Crippen MR) is 85.7 cm³/mol. The number of para-hydroxylation sites is 1. The number of nitrogens with one attached hydrogen (secondary N) is 1. The molecule has 3 heterocycles. The molecule has 7 nitrogen and oxygen atoms in total. The van der Waals surface area contributed by atoms with Gasteiger partial charge in [0.05, 0.1) is 16.6 Å². The molecule has 0 aliphatic carbocycles. The Hall–Kier alpha value is -3.69. The molecule has 0 fully saturated rings. The van der Waals surface area contributed by atoms with Crippen LogP contribution in [0.2, 0.25) is 0 Å². The molecule has 4 aromatic rings. The third-order valence-electron chi connectivity index (χ3n) is 3.60. The molecule has 0 radical (unpaired) electrons. The van der Waals surface area contributed by atoms with Crippen molar-refractivity contribution in [2.45, 2.75) is 0 Å². The van der Waals surface area contributed by atoms with E-state index in [0.29, 0.717) is 5.39 Å². The van der Waals surface area contributed by atoms with Crippen molar-refractivity contribution in [2.75, 3.05) is 5.73 Å². The number of rotatable bonds is 3. The first-order chi connectivity index (χ1) is 12.5. The molecule has 0 saturated carbocycles. The highest BCUT2D eigenvalue weighted by molar-refractivity contribution is 5.97. The highest BCUT2D eigenvalue weighted by atomic mass is 19.1. The number of ether oxygens (including phenoxy) is 1. The third kappa shape index (κ3) is 2.57. The minimum Gasteiger partial charge on any atom is -0.433 e. The molecule has 0 amide bonds. The first kappa shape index (κ1) is 15.8. The van der Waals surface area contributed by atoms with Crippen molar-refractivity contribution in [3.63, 3.8) is 0 Å². The number of nitrogens with zero attached hydrogens (tertiary/aromatic N) is 4. The van der Waals surface area contributed by atoms with Gasteiger partial charge >= 0.3 is 0 Å². The Balaban J connectivity index is 1.75. The molecule has 130 valence electrons. The molecule has 3 N–H and O–H groups in total. The van der Waals surface area contributed by atoms with Gasteiger partial charge in [-0.25, -0.2) is 18.7 Å². The Kier molecular flexibility index (Phi) is 3.64. The zero-order valence-electron chi connectivity index (χ0n) is 12.9. The van der Waals surface area contributed by atoms with Crippen molar-refractivity contribution < 1.29 is 17.9 Å². The van der Waals surface area contributed by atoms with E-state index in [2.05, 4.69) is 25.1 Å². The molecule has 0 spiro atoms. The Morgan fingerprint density at radius 2 is 1.77 bits per heavy atom. The van der Waals surface area contributed by atoms with Gasteiger partial charge in [0.2, 0.25) is 17.6 Å². The highest BCUT2D eigenvalue weighted by Gasteiger charge is 2.18. The molecular formula is C16H9F3N6O. The van der Waals surface area contributed by atoms with E-state index in [1.54, 1.807) is 0 Å². The minimum absolute atomic E-state index is 0.0235. The number of hydrogen-bond acceptors (Lipinski definition) is 6. The summed E-state index contributed by atoms with van der Waals surface area (Å²) in [4.78, 5) is 11.4. The fourth-order valence-corrected chi connectivity index (χ4v) is 2.42. The van der Waals surface area contributed by atoms with Crippen molar-refractivity contribution in [1.82, 2.24) is 25.1 Å². The predicted octanol–water partition coefficient (Wildman–Crippen LogP) is 3.21. The summed E-state index contributed by atoms with van der Waals surface area (Å²) >= 11 is 0. The number of pyridine rings is 1. The molecule has 0 aliphatic heterocycles. The van der Waals surface area contributed by atoms with Crippen LogP contribution in [0.25, 0.3) is 22.3 Å². The van der Waals surface area contributed by atoms with Crippen LogP contribution in [-0.4, -0.2) is 25.1 Å². The second kappa shape index (κ2) is 5.99. The molecule has 26 heavy (non-hydrogen) atoms. The maximum atomic E-state index is 14.5. The molecule has 0 saturated heterocycles. The Bertz CT molecular complexity index is 1110. The molecule has 3 aromatic heterocycles. The fourth-order valence-electron chi connectivity index (χ4n) is 2.42. The molecule has 0 bridgehead atoms. The number of aromatic nitrogens is 5. The van der Waals surface area contributed by atoms with Gasteiger partial charge in [-0.15, -0.1) is 0 Å². The highest BCUT2D eigenvalue weighted by Crippen LogP contribution is 2.32. The SMILES string of the molecule is Nc1ncnc2n[nH]c(-c3ccc(Oc4c(F)cccc4F)nc3F)c12. The summed E-state index contributed by atoms with van der Waals surface area (Å²) in [5.41, 5.74) is 6.31. The van der Waals surface area contributed by atoms with Gasteiger partial charge in [0.25, 0.3) is 0 Å². The van der Waals surface area contributed by atoms with Gasteiger partial charge in [-0.05, 0) is 18.2 Å². The molecule has 1 aromatic carbocycles. The molecule has 4 rings (SSSR count). The summed E-state index contributed by atoms with van der Waals surface area (Å²) in [7, 11) is 0. The quantitative estimate of drug-likeness (QED) is 0.545. The van der Waals surface area contributed by atoms with Gasteiger partial charge in [-0.3, -0.25) is 5.10 Å². The van der Waals surface area contributed by atoms with Gasteiger partial charge in [-0.2, -0.15) is 14.5 Å². The van der Waals surface area contributed by atoms with E-state index in [4.69, 9.17) is 10.5 Å². The summed E-state index contributed by atoms with van der Waals surface area (Å²) in [5.74, 6) is -3.68. The lowest BCUT2D eigenvalue weighted by molar-refractivity contribution is 0.388. The average molecular weight is 358 g/mol. The summed E-state index contributed by atoms with van der Waals surface area (Å²) in [5, 5.41) is 6.89. The third-order valence-corrected chi connectivity index (χ3v) is 3.60. The van der Waals surface area contributed by atoms with E-state index in [0.717, 1.165) is 12.1 Å². The Morgan fingerprint density at radius 3 is 2.50 bits per heavy atom. The van der Waals surface area contributed by atoms with Crippen LogP contribution in [-0.2, 0) is 0 Å². The first-order valence-electron chi connectivity index (χ1n) is 7.28. The van der Waals surface area contributed by atoms with E-state index in [9.17, 15) is 13.2 Å². The summed E-state index contributed by atoms with van der Waals surface area (Å²) in [6.45, 7) is 0. The second-order valence-electron chi connectivity index (χ2n) is 5.20. The maximum absolute atomic E-state index is 14.5. The topological polar surface area (TPSA) is 103 Å². The molecule has 0 aliphatic rings. The summed E-state index contributed by atoms with van der Waals surface area (Å²) in [6.07, 6.45) is 1.23. The molecular weight excluding hydrogens is 349 g/mol. The van der Waals surface area contributed by atoms with Crippen LogP contribution in [0, 0.1) is 17.6 Å². The molecule has 0 atom stereocenters. The number of halogens is 3. The van der Waals surface area contributed by atoms with Crippen LogP contribution in [0.1, 0.15) is 0 Å². The number of H-pyrrole nitrogens is 1. The van der Waals surface area contributed by atoms with Crippen LogP contribution in [0.15, 0.2) is 36.7 Å². The van der Waals surface area contributed by atoms with E-state index < -0.39 is 23.3 Å². The van der Waals surface area contributed by atoms with Gasteiger partial charge in [0.1, 0.15) is 12.1 Å². The normalized spacial score (nSPS) is 11.0. The van der Waals surface area contributed by atoms with Crippen LogP contribution in [0.4, 0.5) is 19.0 Å². The van der Waals surface area contributed by atoms with Crippen molar-refractivity contribution in [3.05, 3.63) is 54.2 Å². The van der Waals surface area contributed by atoms with E-state index >= 15 is 0 Å². The lowest BCUT2D eigenvalue weighted by atomic mass is 10.1. The number of nitrogens with two attached hydrogens (primary N) is 1. The van der Waals surface area contributed by atoms with E-state index in [-0.39, 0.29) is 28.6 Å². The summed E-state index contributed by atoms with van der Waals surface area (Å²) in [6, 6.07) is 5.79.